The Kier molecular flexibility index (Phi) is 5.90. The van der Waals surface area contributed by atoms with Crippen molar-refractivity contribution in [2.45, 2.75) is 38.0 Å². The normalized spacial score (nSPS) is 14.6. The number of carbonyl (C=O) groups excluding carboxylic acids is 1. The van der Waals surface area contributed by atoms with E-state index in [2.05, 4.69) is 9.93 Å². The standard InChI is InChI=1S/C27H24N2O5S/c1-17-13-15-20(16-14-17)35(31,32)29-28-22-10-6-12-24-25(22)18(2)26(33-24)27(30)34-23-11-5-8-19-7-3-4-9-21(19)23/h3-5,7-9,11,13-16,29H,6,10,12H2,1-2H3/b28-22+. The Morgan fingerprint density at radius 2 is 1.71 bits per heavy atom. The van der Waals surface area contributed by atoms with Crippen LogP contribution in [0.2, 0.25) is 0 Å². The van der Waals surface area contributed by atoms with Crippen LogP contribution in [-0.4, -0.2) is 20.1 Å². The fourth-order valence-electron chi connectivity index (χ4n) is 4.29. The van der Waals surface area contributed by atoms with E-state index in [0.29, 0.717) is 41.2 Å². The Hall–Kier alpha value is -3.91. The van der Waals surface area contributed by atoms with E-state index in [1.54, 1.807) is 25.1 Å². The van der Waals surface area contributed by atoms with Gasteiger partial charge in [-0.3, -0.25) is 0 Å². The molecule has 0 radical (unpaired) electrons. The van der Waals surface area contributed by atoms with Gasteiger partial charge < -0.3 is 9.15 Å². The van der Waals surface area contributed by atoms with E-state index in [1.807, 2.05) is 43.3 Å². The van der Waals surface area contributed by atoms with Crippen LogP contribution in [0.15, 0.2) is 81.1 Å². The number of sulfonamides is 1. The highest BCUT2D eigenvalue weighted by atomic mass is 32.2. The lowest BCUT2D eigenvalue weighted by atomic mass is 9.93. The quantitative estimate of drug-likeness (QED) is 0.234. The van der Waals surface area contributed by atoms with Gasteiger partial charge in [0.15, 0.2) is 0 Å². The highest BCUT2D eigenvalue weighted by Crippen LogP contribution is 2.32. The van der Waals surface area contributed by atoms with Crippen LogP contribution < -0.4 is 9.57 Å². The number of benzene rings is 3. The maximum atomic E-state index is 13.1. The summed E-state index contributed by atoms with van der Waals surface area (Å²) in [5, 5.41) is 6.01. The second-order valence-corrected chi connectivity index (χ2v) is 10.2. The van der Waals surface area contributed by atoms with E-state index < -0.39 is 16.0 Å². The van der Waals surface area contributed by atoms with Gasteiger partial charge in [-0.2, -0.15) is 18.4 Å². The average Bonchev–Trinajstić information content (AvgIpc) is 3.20. The summed E-state index contributed by atoms with van der Waals surface area (Å²) in [7, 11) is -3.82. The zero-order valence-electron chi connectivity index (χ0n) is 19.4. The molecule has 0 saturated heterocycles. The molecule has 0 amide bonds. The second kappa shape index (κ2) is 9.03. The number of esters is 1. The molecule has 1 aromatic heterocycles. The molecule has 1 heterocycles. The number of nitrogens with zero attached hydrogens (tertiary/aromatic N) is 1. The van der Waals surface area contributed by atoms with Crippen LogP contribution in [0.3, 0.4) is 0 Å². The number of ether oxygens (including phenoxy) is 1. The number of hydrogen-bond acceptors (Lipinski definition) is 6. The first kappa shape index (κ1) is 22.9. The summed E-state index contributed by atoms with van der Waals surface area (Å²) in [4.78, 5) is 15.5. The van der Waals surface area contributed by atoms with Gasteiger partial charge in [-0.25, -0.2) is 4.79 Å². The Bertz CT molecular complexity index is 1560. The van der Waals surface area contributed by atoms with E-state index in [4.69, 9.17) is 9.15 Å². The summed E-state index contributed by atoms with van der Waals surface area (Å²) in [5.41, 5.74) is 2.74. The molecular weight excluding hydrogens is 464 g/mol. The first-order valence-corrected chi connectivity index (χ1v) is 12.8. The fraction of sp³-hybridized carbons (Fsp3) is 0.185. The number of furan rings is 1. The Morgan fingerprint density at radius 3 is 2.51 bits per heavy atom. The van der Waals surface area contributed by atoms with Crippen LogP contribution in [-0.2, 0) is 16.4 Å². The molecule has 1 N–H and O–H groups in total. The van der Waals surface area contributed by atoms with Crippen LogP contribution >= 0.6 is 0 Å². The zero-order valence-corrected chi connectivity index (χ0v) is 20.2. The molecular formula is C27H24N2O5S. The van der Waals surface area contributed by atoms with Crippen molar-refractivity contribution >= 4 is 32.5 Å². The fourth-order valence-corrected chi connectivity index (χ4v) is 5.12. The Balaban J connectivity index is 1.43. The van der Waals surface area contributed by atoms with Gasteiger partial charge in [0.1, 0.15) is 11.5 Å². The number of hydrogen-bond donors (Lipinski definition) is 1. The molecule has 0 atom stereocenters. The summed E-state index contributed by atoms with van der Waals surface area (Å²) in [6, 6.07) is 19.7. The van der Waals surface area contributed by atoms with E-state index in [9.17, 15) is 13.2 Å². The first-order valence-electron chi connectivity index (χ1n) is 11.3. The molecule has 0 saturated carbocycles. The van der Waals surface area contributed by atoms with Crippen molar-refractivity contribution in [1.82, 2.24) is 4.83 Å². The smallest absolute Gasteiger partial charge is 0.379 e. The van der Waals surface area contributed by atoms with Crippen LogP contribution in [0, 0.1) is 13.8 Å². The van der Waals surface area contributed by atoms with Crippen LogP contribution in [0.4, 0.5) is 0 Å². The predicted octanol–water partition coefficient (Wildman–Crippen LogP) is 5.29. The number of fused-ring (bicyclic) bond motifs is 2. The van der Waals surface area contributed by atoms with Crippen molar-refractivity contribution in [3.63, 3.8) is 0 Å². The lowest BCUT2D eigenvalue weighted by Gasteiger charge is -2.14. The van der Waals surface area contributed by atoms with E-state index in [1.165, 1.54) is 12.1 Å². The molecule has 0 aliphatic heterocycles. The van der Waals surface area contributed by atoms with Crippen LogP contribution in [0.1, 0.15) is 45.8 Å². The van der Waals surface area contributed by atoms with Crippen molar-refractivity contribution < 1.29 is 22.4 Å². The first-order chi connectivity index (χ1) is 16.8. The SMILES string of the molecule is Cc1ccc(S(=O)(=O)N/N=C2\CCCc3oc(C(=O)Oc4cccc5ccccc45)c(C)c32)cc1. The molecule has 1 aliphatic rings. The molecule has 7 nitrogen and oxygen atoms in total. The minimum absolute atomic E-state index is 0.0962. The summed E-state index contributed by atoms with van der Waals surface area (Å²) in [6.45, 7) is 3.65. The van der Waals surface area contributed by atoms with Gasteiger partial charge in [0.05, 0.1) is 10.6 Å². The topological polar surface area (TPSA) is 98.0 Å². The number of rotatable bonds is 5. The number of carbonyl (C=O) groups is 1. The Morgan fingerprint density at radius 1 is 0.971 bits per heavy atom. The van der Waals surface area contributed by atoms with E-state index >= 15 is 0 Å². The van der Waals surface area contributed by atoms with Crippen molar-refractivity contribution in [3.05, 3.63) is 94.9 Å². The number of aryl methyl sites for hydroxylation is 2. The number of nitrogens with one attached hydrogen (secondary N) is 1. The van der Waals surface area contributed by atoms with Gasteiger partial charge >= 0.3 is 5.97 Å². The molecule has 35 heavy (non-hydrogen) atoms. The summed E-state index contributed by atoms with van der Waals surface area (Å²) >= 11 is 0. The molecule has 8 heteroatoms. The lowest BCUT2D eigenvalue weighted by Crippen LogP contribution is -2.22. The molecule has 3 aromatic carbocycles. The Labute approximate surface area is 203 Å². The molecule has 0 unspecified atom stereocenters. The van der Waals surface area contributed by atoms with Crippen molar-refractivity contribution in [2.75, 3.05) is 0 Å². The molecule has 178 valence electrons. The predicted molar refractivity (Wildman–Crippen MR) is 133 cm³/mol. The molecule has 0 fully saturated rings. The largest absolute Gasteiger partial charge is 0.453 e. The van der Waals surface area contributed by atoms with Gasteiger partial charge in [0.25, 0.3) is 10.0 Å². The minimum Gasteiger partial charge on any atom is -0.453 e. The monoisotopic (exact) mass is 488 g/mol. The highest BCUT2D eigenvalue weighted by Gasteiger charge is 2.29. The van der Waals surface area contributed by atoms with Gasteiger partial charge in [0, 0.05) is 22.9 Å². The van der Waals surface area contributed by atoms with Crippen LogP contribution in [0.5, 0.6) is 5.75 Å². The van der Waals surface area contributed by atoms with Crippen molar-refractivity contribution in [2.24, 2.45) is 5.10 Å². The third-order valence-electron chi connectivity index (χ3n) is 6.10. The number of hydrazone groups is 1. The molecule has 0 bridgehead atoms. The summed E-state index contributed by atoms with van der Waals surface area (Å²) in [6.07, 6.45) is 1.91. The second-order valence-electron chi connectivity index (χ2n) is 8.54. The molecule has 0 spiro atoms. The third kappa shape index (κ3) is 4.44. The summed E-state index contributed by atoms with van der Waals surface area (Å²) < 4.78 is 37.0. The van der Waals surface area contributed by atoms with Gasteiger partial charge in [-0.15, -0.1) is 0 Å². The molecule has 4 aromatic rings. The van der Waals surface area contributed by atoms with Crippen molar-refractivity contribution in [3.8, 4) is 5.75 Å². The van der Waals surface area contributed by atoms with Crippen LogP contribution in [0.25, 0.3) is 10.8 Å². The van der Waals surface area contributed by atoms with Gasteiger partial charge in [-0.05, 0) is 50.3 Å². The average molecular weight is 489 g/mol. The lowest BCUT2D eigenvalue weighted by molar-refractivity contribution is 0.0700. The maximum absolute atomic E-state index is 13.1. The highest BCUT2D eigenvalue weighted by molar-refractivity contribution is 7.89. The molecule has 5 rings (SSSR count). The van der Waals surface area contributed by atoms with E-state index in [-0.39, 0.29) is 10.7 Å². The molecule has 1 aliphatic carbocycles. The maximum Gasteiger partial charge on any atom is 0.379 e. The minimum atomic E-state index is -3.82. The zero-order chi connectivity index (χ0) is 24.6. The summed E-state index contributed by atoms with van der Waals surface area (Å²) in [5.74, 6) is 0.542. The van der Waals surface area contributed by atoms with Gasteiger partial charge in [0.2, 0.25) is 5.76 Å². The third-order valence-corrected chi connectivity index (χ3v) is 7.32. The van der Waals surface area contributed by atoms with Crippen molar-refractivity contribution in [1.29, 1.82) is 0 Å². The van der Waals surface area contributed by atoms with E-state index in [0.717, 1.165) is 22.8 Å². The van der Waals surface area contributed by atoms with Gasteiger partial charge in [-0.1, -0.05) is 54.1 Å².